The molecule has 0 aliphatic heterocycles. The minimum atomic E-state index is 0.263. The smallest absolute Gasteiger partial charge is 0.0570 e. The molecule has 1 rings (SSSR count). The van der Waals surface area contributed by atoms with Crippen LogP contribution in [0.4, 0.5) is 0 Å². The van der Waals surface area contributed by atoms with Gasteiger partial charge in [-0.3, -0.25) is 4.98 Å². The largest absolute Gasteiger partial charge is 0.385 e. The van der Waals surface area contributed by atoms with Crippen LogP contribution in [0.2, 0.25) is 0 Å². The first-order chi connectivity index (χ1) is 8.05. The zero-order chi connectivity index (χ0) is 12.7. The third-order valence-electron chi connectivity index (χ3n) is 3.00. The van der Waals surface area contributed by atoms with Gasteiger partial charge < -0.3 is 10.1 Å². The summed E-state index contributed by atoms with van der Waals surface area (Å²) >= 11 is 0. The summed E-state index contributed by atoms with van der Waals surface area (Å²) in [6.45, 7) is 9.24. The van der Waals surface area contributed by atoms with Crippen molar-refractivity contribution in [1.82, 2.24) is 10.3 Å². The molecule has 17 heavy (non-hydrogen) atoms. The number of rotatable bonds is 7. The van der Waals surface area contributed by atoms with Crippen molar-refractivity contribution in [3.8, 4) is 0 Å². The van der Waals surface area contributed by atoms with Crippen LogP contribution in [0.3, 0.4) is 0 Å². The van der Waals surface area contributed by atoms with Crippen molar-refractivity contribution >= 4 is 0 Å². The van der Waals surface area contributed by atoms with Crippen molar-refractivity contribution in [1.29, 1.82) is 0 Å². The molecular formula is C14H24N2O. The maximum atomic E-state index is 5.12. The number of aromatic nitrogens is 1. The van der Waals surface area contributed by atoms with Gasteiger partial charge in [-0.05, 0) is 30.4 Å². The molecular weight excluding hydrogens is 212 g/mol. The molecule has 1 aromatic heterocycles. The summed E-state index contributed by atoms with van der Waals surface area (Å²) in [5.74, 6) is 0. The van der Waals surface area contributed by atoms with Crippen LogP contribution in [0.1, 0.15) is 31.5 Å². The molecule has 0 spiro atoms. The van der Waals surface area contributed by atoms with Gasteiger partial charge in [-0.25, -0.2) is 0 Å². The lowest BCUT2D eigenvalue weighted by molar-refractivity contribution is 0.150. The number of ether oxygens (including phenoxy) is 1. The third-order valence-corrected chi connectivity index (χ3v) is 3.00. The van der Waals surface area contributed by atoms with Crippen LogP contribution >= 0.6 is 0 Å². The molecule has 96 valence electrons. The summed E-state index contributed by atoms with van der Waals surface area (Å²) in [6, 6.07) is 4.07. The highest BCUT2D eigenvalue weighted by atomic mass is 16.5. The van der Waals surface area contributed by atoms with Crippen molar-refractivity contribution in [2.45, 2.75) is 33.7 Å². The molecule has 0 aliphatic rings. The molecule has 0 bridgehead atoms. The minimum absolute atomic E-state index is 0.263. The summed E-state index contributed by atoms with van der Waals surface area (Å²) in [7, 11) is 1.75. The lowest BCUT2D eigenvalue weighted by Gasteiger charge is -2.24. The molecule has 0 unspecified atom stereocenters. The van der Waals surface area contributed by atoms with E-state index in [9.17, 15) is 0 Å². The van der Waals surface area contributed by atoms with E-state index in [0.29, 0.717) is 0 Å². The fourth-order valence-electron chi connectivity index (χ4n) is 1.69. The summed E-state index contributed by atoms with van der Waals surface area (Å²) in [5.41, 5.74) is 2.64. The van der Waals surface area contributed by atoms with Crippen LogP contribution in [0.25, 0.3) is 0 Å². The average molecular weight is 236 g/mol. The van der Waals surface area contributed by atoms with Crippen LogP contribution in [0.5, 0.6) is 0 Å². The molecule has 0 amide bonds. The molecule has 0 radical (unpaired) electrons. The van der Waals surface area contributed by atoms with Crippen molar-refractivity contribution in [2.24, 2.45) is 5.41 Å². The Morgan fingerprint density at radius 2 is 2.18 bits per heavy atom. The molecule has 0 aromatic carbocycles. The Morgan fingerprint density at radius 1 is 1.41 bits per heavy atom. The van der Waals surface area contributed by atoms with Gasteiger partial charge in [0.2, 0.25) is 0 Å². The Morgan fingerprint density at radius 3 is 2.82 bits per heavy atom. The zero-order valence-corrected chi connectivity index (χ0v) is 11.4. The van der Waals surface area contributed by atoms with Crippen molar-refractivity contribution < 1.29 is 4.74 Å². The van der Waals surface area contributed by atoms with Gasteiger partial charge in [-0.1, -0.05) is 19.9 Å². The summed E-state index contributed by atoms with van der Waals surface area (Å²) in [4.78, 5) is 4.37. The van der Waals surface area contributed by atoms with Gasteiger partial charge in [-0.15, -0.1) is 0 Å². The van der Waals surface area contributed by atoms with Crippen molar-refractivity contribution in [3.63, 3.8) is 0 Å². The highest BCUT2D eigenvalue weighted by Gasteiger charge is 2.16. The van der Waals surface area contributed by atoms with Gasteiger partial charge in [0.1, 0.15) is 0 Å². The number of hydrogen-bond acceptors (Lipinski definition) is 3. The van der Waals surface area contributed by atoms with Crippen molar-refractivity contribution in [3.05, 3.63) is 29.6 Å². The molecule has 0 aliphatic carbocycles. The van der Waals surface area contributed by atoms with E-state index >= 15 is 0 Å². The van der Waals surface area contributed by atoms with Gasteiger partial charge in [0.15, 0.2) is 0 Å². The Bertz CT molecular complexity index is 337. The second-order valence-electron chi connectivity index (χ2n) is 5.28. The topological polar surface area (TPSA) is 34.1 Å². The van der Waals surface area contributed by atoms with Crippen LogP contribution in [0, 0.1) is 12.3 Å². The molecule has 1 N–H and O–H groups in total. The van der Waals surface area contributed by atoms with Crippen LogP contribution in [-0.4, -0.2) is 25.2 Å². The maximum Gasteiger partial charge on any atom is 0.0570 e. The van der Waals surface area contributed by atoms with Crippen LogP contribution in [0.15, 0.2) is 18.3 Å². The lowest BCUT2D eigenvalue weighted by atomic mass is 9.90. The Balaban J connectivity index is 2.35. The number of hydrogen-bond donors (Lipinski definition) is 1. The lowest BCUT2D eigenvalue weighted by Crippen LogP contribution is -2.30. The standard InChI is InChI=1S/C14H24N2O/c1-12-6-5-8-16-13(12)10-15-11-14(2,3)7-9-17-4/h5-6,8,15H,7,9-11H2,1-4H3. The molecule has 3 heteroatoms. The molecule has 0 saturated carbocycles. The summed E-state index contributed by atoms with van der Waals surface area (Å²) in [6.07, 6.45) is 2.91. The van der Waals surface area contributed by atoms with E-state index in [-0.39, 0.29) is 5.41 Å². The predicted octanol–water partition coefficient (Wildman–Crippen LogP) is 2.54. The predicted molar refractivity (Wildman–Crippen MR) is 71.0 cm³/mol. The van der Waals surface area contributed by atoms with E-state index in [1.54, 1.807) is 7.11 Å². The monoisotopic (exact) mass is 236 g/mol. The molecule has 1 heterocycles. The normalized spacial score (nSPS) is 11.8. The number of aryl methyl sites for hydroxylation is 1. The second-order valence-corrected chi connectivity index (χ2v) is 5.28. The maximum absolute atomic E-state index is 5.12. The number of nitrogens with zero attached hydrogens (tertiary/aromatic N) is 1. The van der Waals surface area contributed by atoms with Gasteiger partial charge in [0, 0.05) is 33.0 Å². The van der Waals surface area contributed by atoms with E-state index in [1.807, 2.05) is 12.3 Å². The van der Waals surface area contributed by atoms with Gasteiger partial charge in [0.25, 0.3) is 0 Å². The number of pyridine rings is 1. The minimum Gasteiger partial charge on any atom is -0.385 e. The van der Waals surface area contributed by atoms with Gasteiger partial charge in [0.05, 0.1) is 5.69 Å². The van der Waals surface area contributed by atoms with Crippen LogP contribution < -0.4 is 5.32 Å². The Hall–Kier alpha value is -0.930. The van der Waals surface area contributed by atoms with E-state index < -0.39 is 0 Å². The van der Waals surface area contributed by atoms with E-state index in [0.717, 1.165) is 31.8 Å². The first-order valence-electron chi connectivity index (χ1n) is 6.15. The quantitative estimate of drug-likeness (QED) is 0.790. The first-order valence-corrected chi connectivity index (χ1v) is 6.15. The molecule has 0 atom stereocenters. The summed E-state index contributed by atoms with van der Waals surface area (Å²) < 4.78 is 5.12. The Labute approximate surface area is 105 Å². The Kier molecular flexibility index (Phi) is 5.59. The third kappa shape index (κ3) is 5.29. The number of methoxy groups -OCH3 is 1. The SMILES string of the molecule is COCCC(C)(C)CNCc1ncccc1C. The average Bonchev–Trinajstić information content (AvgIpc) is 2.29. The summed E-state index contributed by atoms with van der Waals surface area (Å²) in [5, 5.41) is 3.47. The molecule has 1 aromatic rings. The highest BCUT2D eigenvalue weighted by Crippen LogP contribution is 2.18. The van der Waals surface area contributed by atoms with E-state index in [1.165, 1.54) is 5.56 Å². The molecule has 0 saturated heterocycles. The zero-order valence-electron chi connectivity index (χ0n) is 11.4. The van der Waals surface area contributed by atoms with Gasteiger partial charge >= 0.3 is 0 Å². The fourth-order valence-corrected chi connectivity index (χ4v) is 1.69. The van der Waals surface area contributed by atoms with E-state index in [4.69, 9.17) is 4.74 Å². The molecule has 3 nitrogen and oxygen atoms in total. The fraction of sp³-hybridized carbons (Fsp3) is 0.643. The first kappa shape index (κ1) is 14.1. The van der Waals surface area contributed by atoms with E-state index in [2.05, 4.69) is 37.1 Å². The van der Waals surface area contributed by atoms with Crippen molar-refractivity contribution in [2.75, 3.05) is 20.3 Å². The number of nitrogens with one attached hydrogen (secondary N) is 1. The second kappa shape index (κ2) is 6.72. The highest BCUT2D eigenvalue weighted by molar-refractivity contribution is 5.17. The van der Waals surface area contributed by atoms with Crippen LogP contribution in [-0.2, 0) is 11.3 Å². The van der Waals surface area contributed by atoms with Gasteiger partial charge in [-0.2, -0.15) is 0 Å². The molecule has 0 fully saturated rings.